The molecule has 33 heavy (non-hydrogen) atoms. The van der Waals surface area contributed by atoms with Crippen molar-refractivity contribution in [3.8, 4) is 22.8 Å². The van der Waals surface area contributed by atoms with E-state index in [1.165, 1.54) is 16.8 Å². The molecule has 2 aromatic carbocycles. The number of nitrogens with two attached hydrogens (primary N) is 1. The normalized spacial score (nSPS) is 11.5. The first kappa shape index (κ1) is 22.2. The maximum atomic E-state index is 13.0. The molecule has 168 valence electrons. The van der Waals surface area contributed by atoms with Crippen LogP contribution in [0, 0.1) is 0 Å². The van der Waals surface area contributed by atoms with Gasteiger partial charge in [-0.1, -0.05) is 41.4 Å². The highest BCUT2D eigenvalue weighted by Crippen LogP contribution is 2.31. The minimum atomic E-state index is -0.637. The van der Waals surface area contributed by atoms with Crippen molar-refractivity contribution in [3.63, 3.8) is 0 Å². The van der Waals surface area contributed by atoms with E-state index in [0.29, 0.717) is 22.7 Å². The van der Waals surface area contributed by atoms with Gasteiger partial charge in [0.15, 0.2) is 5.69 Å². The summed E-state index contributed by atoms with van der Waals surface area (Å²) in [4.78, 5) is 13.0. The lowest BCUT2D eigenvalue weighted by Crippen LogP contribution is -2.21. The second-order valence-corrected chi connectivity index (χ2v) is 7.51. The number of hydrazone groups is 1. The molecule has 0 saturated heterocycles. The van der Waals surface area contributed by atoms with E-state index in [2.05, 4.69) is 35.8 Å². The van der Waals surface area contributed by atoms with Crippen molar-refractivity contribution in [2.45, 2.75) is 13.3 Å². The number of phenolic OH excluding ortho intramolecular Hbond substituents is 1. The number of nitrogens with one attached hydrogen (secondary N) is 1. The van der Waals surface area contributed by atoms with Crippen LogP contribution in [0.5, 0.6) is 5.75 Å². The molecule has 1 amide bonds. The lowest BCUT2D eigenvalue weighted by Gasteiger charge is -2.08. The Morgan fingerprint density at radius 1 is 1.18 bits per heavy atom. The fourth-order valence-corrected chi connectivity index (χ4v) is 3.29. The summed E-state index contributed by atoms with van der Waals surface area (Å²) >= 11 is 12.2. The fourth-order valence-electron chi connectivity index (χ4n) is 3.00. The number of phenols is 1. The first-order valence-corrected chi connectivity index (χ1v) is 10.3. The average Bonchev–Trinajstić information content (AvgIpc) is 3.43. The number of nitrogens with zero attached hydrogens (tertiary/aromatic N) is 6. The van der Waals surface area contributed by atoms with Crippen molar-refractivity contribution in [2.75, 3.05) is 5.73 Å². The fraction of sp³-hybridized carbons (Fsp3) is 0.100. The zero-order chi connectivity index (χ0) is 23.5. The van der Waals surface area contributed by atoms with Crippen LogP contribution in [-0.2, 0) is 0 Å². The number of rotatable bonds is 6. The first-order chi connectivity index (χ1) is 15.9. The Kier molecular flexibility index (Phi) is 6.24. The highest BCUT2D eigenvalue weighted by atomic mass is 35.5. The molecular weight excluding hydrogens is 471 g/mol. The number of aromatic hydroxyl groups is 1. The molecule has 2 heterocycles. The van der Waals surface area contributed by atoms with Crippen molar-refractivity contribution < 1.29 is 14.5 Å². The molecule has 2 aromatic heterocycles. The van der Waals surface area contributed by atoms with Gasteiger partial charge in [-0.15, -0.1) is 5.10 Å². The summed E-state index contributed by atoms with van der Waals surface area (Å²) in [5.74, 6) is -0.513. The Hall–Kier alpha value is -3.96. The summed E-state index contributed by atoms with van der Waals surface area (Å²) in [5, 5.41) is 29.5. The minimum Gasteiger partial charge on any atom is -0.508 e. The maximum absolute atomic E-state index is 13.0. The van der Waals surface area contributed by atoms with Gasteiger partial charge in [0.05, 0.1) is 15.8 Å². The number of nitrogen functional groups attached to an aromatic ring is 1. The maximum Gasteiger partial charge on any atom is 0.294 e. The van der Waals surface area contributed by atoms with E-state index in [0.717, 1.165) is 5.56 Å². The molecular formula is C20H16Cl2N8O3. The third-order valence-corrected chi connectivity index (χ3v) is 5.34. The summed E-state index contributed by atoms with van der Waals surface area (Å²) < 4.78 is 5.87. The summed E-state index contributed by atoms with van der Waals surface area (Å²) in [5.41, 5.74) is 10.3. The van der Waals surface area contributed by atoms with Gasteiger partial charge in [-0.25, -0.2) is 10.1 Å². The van der Waals surface area contributed by atoms with Crippen LogP contribution in [0.4, 0.5) is 5.82 Å². The summed E-state index contributed by atoms with van der Waals surface area (Å²) in [6.07, 6.45) is 0.526. The highest BCUT2D eigenvalue weighted by molar-refractivity contribution is 6.42. The van der Waals surface area contributed by atoms with E-state index in [1.807, 2.05) is 6.92 Å². The monoisotopic (exact) mass is 486 g/mol. The Morgan fingerprint density at radius 3 is 2.58 bits per heavy atom. The minimum absolute atomic E-state index is 0.0458. The molecule has 0 bridgehead atoms. The molecule has 0 saturated carbocycles. The largest absolute Gasteiger partial charge is 0.508 e. The van der Waals surface area contributed by atoms with Crippen LogP contribution in [0.15, 0.2) is 52.2 Å². The summed E-state index contributed by atoms with van der Waals surface area (Å²) in [6, 6.07) is 11.2. The number of anilines is 1. The van der Waals surface area contributed by atoms with Gasteiger partial charge < -0.3 is 10.8 Å². The number of aromatic nitrogens is 5. The molecule has 0 fully saturated rings. The van der Waals surface area contributed by atoms with Gasteiger partial charge in [0.1, 0.15) is 11.4 Å². The third kappa shape index (κ3) is 4.49. The summed E-state index contributed by atoms with van der Waals surface area (Å²) in [6.45, 7) is 1.88. The van der Waals surface area contributed by atoms with Crippen LogP contribution < -0.4 is 11.2 Å². The van der Waals surface area contributed by atoms with Gasteiger partial charge in [0, 0.05) is 5.56 Å². The van der Waals surface area contributed by atoms with Crippen molar-refractivity contribution >= 4 is 40.6 Å². The number of amides is 1. The molecule has 4 N–H and O–H groups in total. The third-order valence-electron chi connectivity index (χ3n) is 4.60. The molecule has 0 unspecified atom stereocenters. The molecule has 4 rings (SSSR count). The van der Waals surface area contributed by atoms with E-state index >= 15 is 0 Å². The van der Waals surface area contributed by atoms with Crippen molar-refractivity contribution in [1.82, 2.24) is 30.7 Å². The van der Waals surface area contributed by atoms with Crippen LogP contribution in [0.2, 0.25) is 10.0 Å². The van der Waals surface area contributed by atoms with E-state index in [-0.39, 0.29) is 33.8 Å². The van der Waals surface area contributed by atoms with E-state index in [9.17, 15) is 9.90 Å². The number of halogens is 2. The van der Waals surface area contributed by atoms with Gasteiger partial charge in [0.25, 0.3) is 5.91 Å². The van der Waals surface area contributed by atoms with Crippen molar-refractivity contribution in [1.29, 1.82) is 0 Å². The number of hydrogen-bond donors (Lipinski definition) is 3. The molecule has 11 nitrogen and oxygen atoms in total. The van der Waals surface area contributed by atoms with Crippen LogP contribution in [0.1, 0.15) is 29.4 Å². The lowest BCUT2D eigenvalue weighted by molar-refractivity contribution is 0.0950. The molecule has 0 aliphatic heterocycles. The van der Waals surface area contributed by atoms with Crippen LogP contribution >= 0.6 is 23.2 Å². The molecule has 0 atom stereocenters. The van der Waals surface area contributed by atoms with Crippen molar-refractivity contribution in [2.24, 2.45) is 5.10 Å². The quantitative estimate of drug-likeness (QED) is 0.276. The van der Waals surface area contributed by atoms with Gasteiger partial charge in [-0.05, 0) is 58.7 Å². The van der Waals surface area contributed by atoms with Crippen LogP contribution in [-0.4, -0.2) is 42.0 Å². The predicted octanol–water partition coefficient (Wildman–Crippen LogP) is 3.46. The molecule has 0 radical (unpaired) electrons. The predicted molar refractivity (Wildman–Crippen MR) is 121 cm³/mol. The molecule has 0 aliphatic rings. The molecule has 0 aliphatic carbocycles. The Morgan fingerprint density at radius 2 is 1.94 bits per heavy atom. The van der Waals surface area contributed by atoms with E-state index in [4.69, 9.17) is 28.9 Å². The topological polar surface area (TPSA) is 157 Å². The van der Waals surface area contributed by atoms with E-state index < -0.39 is 5.91 Å². The first-order valence-electron chi connectivity index (χ1n) is 9.54. The van der Waals surface area contributed by atoms with Gasteiger partial charge in [-0.3, -0.25) is 4.79 Å². The zero-order valence-electron chi connectivity index (χ0n) is 17.0. The second-order valence-electron chi connectivity index (χ2n) is 6.70. The van der Waals surface area contributed by atoms with E-state index in [1.54, 1.807) is 30.3 Å². The summed E-state index contributed by atoms with van der Waals surface area (Å²) in [7, 11) is 0. The van der Waals surface area contributed by atoms with Crippen molar-refractivity contribution in [3.05, 3.63) is 63.8 Å². The smallest absolute Gasteiger partial charge is 0.294 e. The van der Waals surface area contributed by atoms with Gasteiger partial charge >= 0.3 is 0 Å². The molecule has 13 heteroatoms. The average molecular weight is 487 g/mol. The van der Waals surface area contributed by atoms with Gasteiger partial charge in [0.2, 0.25) is 11.6 Å². The zero-order valence-corrected chi connectivity index (χ0v) is 18.5. The Bertz CT molecular complexity index is 1350. The standard InChI is InChI=1S/C20H16Cl2N8O3/c1-2-15(10-3-6-12(31)7-4-10)24-26-20(32)16-17(11-5-8-13(21)14(22)9-11)30(29-25-16)19-18(23)27-33-28-19/h3-9,31H,2H2,1H3,(H2,23,27)(H,26,32)/b24-15-. The number of carbonyl (C=O) groups is 1. The number of hydrogen-bond acceptors (Lipinski definition) is 9. The van der Waals surface area contributed by atoms with Crippen LogP contribution in [0.3, 0.4) is 0 Å². The van der Waals surface area contributed by atoms with Gasteiger partial charge in [-0.2, -0.15) is 9.78 Å². The number of benzene rings is 2. The molecule has 4 aromatic rings. The SMILES string of the molecule is CC/C(=N/NC(=O)c1nnn(-c2nonc2N)c1-c1ccc(Cl)c(Cl)c1)c1ccc(O)cc1. The molecule has 0 spiro atoms. The Balaban J connectivity index is 1.74. The highest BCUT2D eigenvalue weighted by Gasteiger charge is 2.25. The lowest BCUT2D eigenvalue weighted by atomic mass is 10.1. The number of carbonyl (C=O) groups excluding carboxylic acids is 1. The second kappa shape index (κ2) is 9.27. The van der Waals surface area contributed by atoms with Crippen LogP contribution in [0.25, 0.3) is 17.1 Å². The Labute approximate surface area is 196 Å².